The van der Waals surface area contributed by atoms with Crippen molar-refractivity contribution in [1.82, 2.24) is 10.2 Å². The van der Waals surface area contributed by atoms with Crippen molar-refractivity contribution in [3.05, 3.63) is 54.1 Å². The molecule has 9 heteroatoms. The smallest absolute Gasteiger partial charge is 0.322 e. The second kappa shape index (κ2) is 7.55. The van der Waals surface area contributed by atoms with Crippen LogP contribution >= 0.6 is 0 Å². The zero-order valence-corrected chi connectivity index (χ0v) is 15.4. The Morgan fingerprint density at radius 2 is 1.72 bits per heavy atom. The topological polar surface area (TPSA) is 115 Å². The van der Waals surface area contributed by atoms with Gasteiger partial charge in [-0.1, -0.05) is 17.2 Å². The fourth-order valence-electron chi connectivity index (χ4n) is 3.00. The summed E-state index contributed by atoms with van der Waals surface area (Å²) >= 11 is 0. The van der Waals surface area contributed by atoms with Crippen LogP contribution in [0.3, 0.4) is 0 Å². The Kier molecular flexibility index (Phi) is 4.78. The van der Waals surface area contributed by atoms with E-state index < -0.39 is 5.91 Å². The first-order valence-corrected chi connectivity index (χ1v) is 8.81. The first-order chi connectivity index (χ1) is 14.1. The van der Waals surface area contributed by atoms with Crippen LogP contribution < -0.4 is 15.0 Å². The number of para-hydroxylation sites is 1. The van der Waals surface area contributed by atoms with Crippen molar-refractivity contribution in [2.24, 2.45) is 0 Å². The monoisotopic (exact) mass is 392 g/mol. The molecule has 1 aliphatic rings. The molecule has 0 spiro atoms. The maximum Gasteiger partial charge on any atom is 0.322 e. The minimum absolute atomic E-state index is 0.0649. The van der Waals surface area contributed by atoms with E-state index in [0.717, 1.165) is 4.90 Å². The molecule has 146 valence electrons. The fraction of sp³-hybridized carbons (Fsp3) is 0.150. The van der Waals surface area contributed by atoms with Gasteiger partial charge in [-0.3, -0.25) is 24.6 Å². The Labute approximate surface area is 165 Å². The van der Waals surface area contributed by atoms with E-state index in [4.69, 9.17) is 9.15 Å². The molecule has 2 heterocycles. The Hall–Kier alpha value is -4.01. The molecule has 0 saturated carbocycles. The SMILES string of the molecule is COc1ccccc1-c1nnc(NC(=O)c2ccc(N3C(=O)CCC3=O)cc2)o1. The number of anilines is 2. The van der Waals surface area contributed by atoms with Crippen molar-refractivity contribution in [2.45, 2.75) is 12.8 Å². The maximum atomic E-state index is 12.4. The molecule has 2 aromatic carbocycles. The van der Waals surface area contributed by atoms with E-state index in [1.807, 2.05) is 6.07 Å². The average molecular weight is 392 g/mol. The number of rotatable bonds is 5. The molecular weight excluding hydrogens is 376 g/mol. The third-order valence-corrected chi connectivity index (χ3v) is 4.42. The highest BCUT2D eigenvalue weighted by atomic mass is 16.5. The zero-order valence-electron chi connectivity index (χ0n) is 15.4. The van der Waals surface area contributed by atoms with Crippen LogP contribution in [0, 0.1) is 0 Å². The lowest BCUT2D eigenvalue weighted by atomic mass is 10.2. The van der Waals surface area contributed by atoms with Crippen molar-refractivity contribution in [3.63, 3.8) is 0 Å². The average Bonchev–Trinajstić information content (AvgIpc) is 3.34. The van der Waals surface area contributed by atoms with E-state index in [1.165, 1.54) is 19.2 Å². The van der Waals surface area contributed by atoms with Crippen molar-refractivity contribution >= 4 is 29.4 Å². The summed E-state index contributed by atoms with van der Waals surface area (Å²) in [5, 5.41) is 10.3. The largest absolute Gasteiger partial charge is 0.496 e. The summed E-state index contributed by atoms with van der Waals surface area (Å²) < 4.78 is 10.8. The van der Waals surface area contributed by atoms with Crippen LogP contribution in [0.2, 0.25) is 0 Å². The number of hydrogen-bond donors (Lipinski definition) is 1. The summed E-state index contributed by atoms with van der Waals surface area (Å²) in [5.74, 6) is -0.190. The van der Waals surface area contributed by atoms with Gasteiger partial charge in [0, 0.05) is 18.4 Å². The Morgan fingerprint density at radius 3 is 2.41 bits per heavy atom. The highest BCUT2D eigenvalue weighted by molar-refractivity contribution is 6.20. The highest BCUT2D eigenvalue weighted by Crippen LogP contribution is 2.29. The summed E-state index contributed by atoms with van der Waals surface area (Å²) in [7, 11) is 1.53. The minimum atomic E-state index is -0.467. The van der Waals surface area contributed by atoms with Gasteiger partial charge in [0.2, 0.25) is 11.8 Å². The number of carbonyl (C=O) groups is 3. The van der Waals surface area contributed by atoms with Gasteiger partial charge in [0.15, 0.2) is 0 Å². The van der Waals surface area contributed by atoms with Crippen molar-refractivity contribution in [1.29, 1.82) is 0 Å². The third kappa shape index (κ3) is 3.57. The summed E-state index contributed by atoms with van der Waals surface area (Å²) in [5.41, 5.74) is 1.35. The molecule has 3 amide bonds. The number of amides is 3. The number of imide groups is 1. The lowest BCUT2D eigenvalue weighted by Crippen LogP contribution is -2.28. The lowest BCUT2D eigenvalue weighted by molar-refractivity contribution is -0.121. The number of nitrogens with one attached hydrogen (secondary N) is 1. The number of nitrogens with zero attached hydrogens (tertiary/aromatic N) is 3. The van der Waals surface area contributed by atoms with Crippen LogP contribution in [0.15, 0.2) is 52.9 Å². The Morgan fingerprint density at radius 1 is 1.03 bits per heavy atom. The van der Waals surface area contributed by atoms with Crippen LogP contribution in [0.1, 0.15) is 23.2 Å². The van der Waals surface area contributed by atoms with E-state index in [1.54, 1.807) is 30.3 Å². The predicted molar refractivity (Wildman–Crippen MR) is 102 cm³/mol. The minimum Gasteiger partial charge on any atom is -0.496 e. The van der Waals surface area contributed by atoms with E-state index >= 15 is 0 Å². The number of methoxy groups -OCH3 is 1. The van der Waals surface area contributed by atoms with Crippen LogP contribution in [-0.2, 0) is 9.59 Å². The van der Waals surface area contributed by atoms with Gasteiger partial charge in [0.05, 0.1) is 18.4 Å². The molecule has 1 aliphatic heterocycles. The molecule has 0 radical (unpaired) electrons. The van der Waals surface area contributed by atoms with E-state index in [-0.39, 0.29) is 36.6 Å². The molecule has 0 atom stereocenters. The first kappa shape index (κ1) is 18.4. The van der Waals surface area contributed by atoms with Crippen LogP contribution in [0.5, 0.6) is 5.75 Å². The quantitative estimate of drug-likeness (QED) is 0.664. The second-order valence-electron chi connectivity index (χ2n) is 6.24. The van der Waals surface area contributed by atoms with Crippen molar-refractivity contribution in [2.75, 3.05) is 17.3 Å². The molecule has 9 nitrogen and oxygen atoms in total. The molecule has 29 heavy (non-hydrogen) atoms. The van der Waals surface area contributed by atoms with Gasteiger partial charge in [0.25, 0.3) is 11.8 Å². The Bertz CT molecular complexity index is 1070. The Balaban J connectivity index is 1.48. The zero-order chi connectivity index (χ0) is 20.4. The van der Waals surface area contributed by atoms with E-state index in [2.05, 4.69) is 15.5 Å². The molecule has 0 aliphatic carbocycles. The molecule has 0 bridgehead atoms. The summed E-state index contributed by atoms with van der Waals surface area (Å²) in [6.45, 7) is 0. The first-order valence-electron chi connectivity index (χ1n) is 8.81. The summed E-state index contributed by atoms with van der Waals surface area (Å²) in [4.78, 5) is 37.2. The highest BCUT2D eigenvalue weighted by Gasteiger charge is 2.30. The molecule has 1 aromatic heterocycles. The van der Waals surface area contributed by atoms with Crippen molar-refractivity contribution < 1.29 is 23.5 Å². The number of aromatic nitrogens is 2. The fourth-order valence-corrected chi connectivity index (χ4v) is 3.00. The summed E-state index contributed by atoms with van der Waals surface area (Å²) in [6.07, 6.45) is 0.402. The third-order valence-electron chi connectivity index (χ3n) is 4.42. The predicted octanol–water partition coefficient (Wildman–Crippen LogP) is 2.65. The van der Waals surface area contributed by atoms with Gasteiger partial charge in [-0.2, -0.15) is 0 Å². The standard InChI is InChI=1S/C20H16N4O5/c1-28-15-5-3-2-4-14(15)19-22-23-20(29-19)21-18(27)12-6-8-13(9-7-12)24-16(25)10-11-17(24)26/h2-9H,10-11H2,1H3,(H,21,23,27). The van der Waals surface area contributed by atoms with Gasteiger partial charge in [0.1, 0.15) is 5.75 Å². The van der Waals surface area contributed by atoms with E-state index in [0.29, 0.717) is 22.6 Å². The number of ether oxygens (including phenoxy) is 1. The molecule has 3 aromatic rings. The van der Waals surface area contributed by atoms with Crippen LogP contribution in [0.4, 0.5) is 11.7 Å². The van der Waals surface area contributed by atoms with Crippen molar-refractivity contribution in [3.8, 4) is 17.2 Å². The maximum absolute atomic E-state index is 12.4. The second-order valence-corrected chi connectivity index (χ2v) is 6.24. The van der Waals surface area contributed by atoms with Gasteiger partial charge < -0.3 is 9.15 Å². The number of carbonyl (C=O) groups excluding carboxylic acids is 3. The number of benzene rings is 2. The van der Waals surface area contributed by atoms with Crippen LogP contribution in [0.25, 0.3) is 11.5 Å². The molecular formula is C20H16N4O5. The van der Waals surface area contributed by atoms with Gasteiger partial charge in [-0.15, -0.1) is 5.10 Å². The molecule has 4 rings (SSSR count). The molecule has 0 unspecified atom stereocenters. The van der Waals surface area contributed by atoms with Gasteiger partial charge >= 0.3 is 6.01 Å². The molecule has 1 fully saturated rings. The van der Waals surface area contributed by atoms with Crippen LogP contribution in [-0.4, -0.2) is 35.0 Å². The summed E-state index contributed by atoms with van der Waals surface area (Å²) in [6, 6.07) is 13.2. The van der Waals surface area contributed by atoms with Gasteiger partial charge in [-0.05, 0) is 36.4 Å². The lowest BCUT2D eigenvalue weighted by Gasteiger charge is -2.13. The molecule has 1 saturated heterocycles. The van der Waals surface area contributed by atoms with Gasteiger partial charge in [-0.25, -0.2) is 0 Å². The normalized spacial score (nSPS) is 13.6. The van der Waals surface area contributed by atoms with E-state index in [9.17, 15) is 14.4 Å². The molecule has 1 N–H and O–H groups in total. The number of hydrogen-bond acceptors (Lipinski definition) is 7.